The molecule has 1 unspecified atom stereocenters. The number of amides is 1. The molecule has 4 heterocycles. The predicted molar refractivity (Wildman–Crippen MR) is 95.7 cm³/mol. The summed E-state index contributed by atoms with van der Waals surface area (Å²) < 4.78 is 11.9. The van der Waals surface area contributed by atoms with Gasteiger partial charge in [0.1, 0.15) is 12.2 Å². The van der Waals surface area contributed by atoms with Crippen LogP contribution in [0.15, 0.2) is 41.4 Å². The molecule has 1 atom stereocenters. The lowest BCUT2D eigenvalue weighted by atomic mass is 10.0. The van der Waals surface area contributed by atoms with Gasteiger partial charge in [-0.3, -0.25) is 14.7 Å². The van der Waals surface area contributed by atoms with E-state index in [1.54, 1.807) is 28.6 Å². The van der Waals surface area contributed by atoms with Crippen LogP contribution in [0.2, 0.25) is 0 Å². The van der Waals surface area contributed by atoms with Crippen molar-refractivity contribution in [1.29, 1.82) is 0 Å². The fourth-order valence-electron chi connectivity index (χ4n) is 3.41. The van der Waals surface area contributed by atoms with Crippen LogP contribution >= 0.6 is 11.3 Å². The molecule has 1 spiro atoms. The van der Waals surface area contributed by atoms with E-state index in [0.29, 0.717) is 19.8 Å². The average Bonchev–Trinajstić information content (AvgIpc) is 3.07. The van der Waals surface area contributed by atoms with Gasteiger partial charge in [-0.25, -0.2) is 0 Å². The largest absolute Gasteiger partial charge is 0.377 e. The molecule has 7 heteroatoms. The zero-order chi connectivity index (χ0) is 17.1. The van der Waals surface area contributed by atoms with E-state index in [1.165, 1.54) is 5.56 Å². The van der Waals surface area contributed by atoms with Gasteiger partial charge in [0.05, 0.1) is 31.6 Å². The van der Waals surface area contributed by atoms with Gasteiger partial charge >= 0.3 is 0 Å². The highest BCUT2D eigenvalue weighted by molar-refractivity contribution is 7.07. The molecular weight excluding hydrogens is 338 g/mol. The Hall–Kier alpha value is -1.80. The van der Waals surface area contributed by atoms with Crippen LogP contribution in [0.1, 0.15) is 5.56 Å². The molecule has 132 valence electrons. The average molecular weight is 359 g/mol. The zero-order valence-electron chi connectivity index (χ0n) is 14.0. The fraction of sp³-hybridized carbons (Fsp3) is 0.444. The SMILES string of the molecule is O=C1COC2(COCCN(Cc3ccsc3)C2)CN1c1cccnc1. The number of rotatable bonds is 3. The summed E-state index contributed by atoms with van der Waals surface area (Å²) in [7, 11) is 0. The van der Waals surface area contributed by atoms with Crippen molar-refractivity contribution in [2.24, 2.45) is 0 Å². The van der Waals surface area contributed by atoms with Crippen molar-refractivity contribution in [3.63, 3.8) is 0 Å². The Bertz CT molecular complexity index is 710. The summed E-state index contributed by atoms with van der Waals surface area (Å²) in [6.45, 7) is 4.21. The monoisotopic (exact) mass is 359 g/mol. The van der Waals surface area contributed by atoms with Crippen LogP contribution in [0.5, 0.6) is 0 Å². The third-order valence-corrected chi connectivity index (χ3v) is 5.35. The lowest BCUT2D eigenvalue weighted by Crippen LogP contribution is -2.60. The van der Waals surface area contributed by atoms with Gasteiger partial charge in [-0.15, -0.1) is 0 Å². The molecule has 25 heavy (non-hydrogen) atoms. The van der Waals surface area contributed by atoms with E-state index in [4.69, 9.17) is 9.47 Å². The van der Waals surface area contributed by atoms with Crippen molar-refractivity contribution in [2.45, 2.75) is 12.1 Å². The van der Waals surface area contributed by atoms with Crippen LogP contribution in [-0.2, 0) is 20.8 Å². The summed E-state index contributed by atoms with van der Waals surface area (Å²) in [4.78, 5) is 20.6. The molecule has 2 fully saturated rings. The topological polar surface area (TPSA) is 54.9 Å². The van der Waals surface area contributed by atoms with E-state index in [1.807, 2.05) is 12.1 Å². The summed E-state index contributed by atoms with van der Waals surface area (Å²) in [5.41, 5.74) is 1.61. The third-order valence-electron chi connectivity index (χ3n) is 4.62. The first-order valence-corrected chi connectivity index (χ1v) is 9.34. The molecule has 2 saturated heterocycles. The van der Waals surface area contributed by atoms with Crippen LogP contribution in [0.3, 0.4) is 0 Å². The Labute approximate surface area is 151 Å². The number of pyridine rings is 1. The summed E-state index contributed by atoms with van der Waals surface area (Å²) in [5.74, 6) is -0.0349. The third kappa shape index (κ3) is 3.74. The first-order chi connectivity index (χ1) is 12.2. The second kappa shape index (κ2) is 7.21. The lowest BCUT2D eigenvalue weighted by Gasteiger charge is -2.42. The number of thiophene rings is 1. The minimum atomic E-state index is -0.504. The van der Waals surface area contributed by atoms with Gasteiger partial charge in [0.15, 0.2) is 0 Å². The minimum Gasteiger partial charge on any atom is -0.377 e. The summed E-state index contributed by atoms with van der Waals surface area (Å²) in [6, 6.07) is 5.90. The molecule has 2 aromatic heterocycles. The number of nitrogens with zero attached hydrogens (tertiary/aromatic N) is 3. The van der Waals surface area contributed by atoms with Crippen LogP contribution < -0.4 is 4.90 Å². The number of morpholine rings is 1. The molecular formula is C18H21N3O3S. The minimum absolute atomic E-state index is 0.0349. The van der Waals surface area contributed by atoms with Gasteiger partial charge in [0.2, 0.25) is 0 Å². The van der Waals surface area contributed by atoms with Crippen LogP contribution in [-0.4, -0.2) is 60.8 Å². The van der Waals surface area contributed by atoms with Crippen LogP contribution in [0, 0.1) is 0 Å². The molecule has 0 aromatic carbocycles. The van der Waals surface area contributed by atoms with Crippen molar-refractivity contribution < 1.29 is 14.3 Å². The van der Waals surface area contributed by atoms with Gasteiger partial charge in [-0.1, -0.05) is 0 Å². The second-order valence-corrected chi connectivity index (χ2v) is 7.34. The molecule has 6 nitrogen and oxygen atoms in total. The molecule has 4 rings (SSSR count). The molecule has 1 amide bonds. The van der Waals surface area contributed by atoms with Gasteiger partial charge in [0.25, 0.3) is 5.91 Å². The summed E-state index contributed by atoms with van der Waals surface area (Å²) in [6.07, 6.45) is 3.43. The maximum absolute atomic E-state index is 12.4. The molecule has 2 aliphatic heterocycles. The quantitative estimate of drug-likeness (QED) is 0.836. The van der Waals surface area contributed by atoms with Gasteiger partial charge < -0.3 is 14.4 Å². The number of carbonyl (C=O) groups is 1. The summed E-state index contributed by atoms with van der Waals surface area (Å²) >= 11 is 1.71. The molecule has 0 bridgehead atoms. The summed E-state index contributed by atoms with van der Waals surface area (Å²) in [5, 5.41) is 4.27. The normalized spacial score (nSPS) is 25.3. The Balaban J connectivity index is 1.53. The fourth-order valence-corrected chi connectivity index (χ4v) is 4.07. The number of carbonyl (C=O) groups excluding carboxylic acids is 1. The number of aromatic nitrogens is 1. The van der Waals surface area contributed by atoms with Crippen molar-refractivity contribution in [1.82, 2.24) is 9.88 Å². The van der Waals surface area contributed by atoms with Crippen molar-refractivity contribution in [3.8, 4) is 0 Å². The van der Waals surface area contributed by atoms with Gasteiger partial charge in [-0.05, 0) is 34.5 Å². The van der Waals surface area contributed by atoms with E-state index in [-0.39, 0.29) is 12.5 Å². The Morgan fingerprint density at radius 1 is 1.32 bits per heavy atom. The zero-order valence-corrected chi connectivity index (χ0v) is 14.8. The number of ether oxygens (including phenoxy) is 2. The Morgan fingerprint density at radius 2 is 2.28 bits per heavy atom. The number of anilines is 1. The highest BCUT2D eigenvalue weighted by Crippen LogP contribution is 2.27. The van der Waals surface area contributed by atoms with Gasteiger partial charge in [-0.2, -0.15) is 11.3 Å². The highest BCUT2D eigenvalue weighted by Gasteiger charge is 2.43. The molecule has 2 aromatic rings. The maximum atomic E-state index is 12.4. The molecule has 2 aliphatic rings. The predicted octanol–water partition coefficient (Wildman–Crippen LogP) is 1.78. The van der Waals surface area contributed by atoms with Crippen LogP contribution in [0.4, 0.5) is 5.69 Å². The van der Waals surface area contributed by atoms with E-state index < -0.39 is 5.60 Å². The van der Waals surface area contributed by atoms with Crippen molar-refractivity contribution in [2.75, 3.05) is 44.4 Å². The number of hydrogen-bond acceptors (Lipinski definition) is 6. The second-order valence-electron chi connectivity index (χ2n) is 6.56. The van der Waals surface area contributed by atoms with Crippen molar-refractivity contribution in [3.05, 3.63) is 46.9 Å². The van der Waals surface area contributed by atoms with E-state index in [9.17, 15) is 4.79 Å². The highest BCUT2D eigenvalue weighted by atomic mass is 32.1. The Kier molecular flexibility index (Phi) is 4.80. The van der Waals surface area contributed by atoms with Gasteiger partial charge in [0, 0.05) is 25.8 Å². The number of hydrogen-bond donors (Lipinski definition) is 0. The van der Waals surface area contributed by atoms with E-state index in [0.717, 1.165) is 25.3 Å². The first kappa shape index (κ1) is 16.7. The molecule has 0 aliphatic carbocycles. The van der Waals surface area contributed by atoms with E-state index in [2.05, 4.69) is 26.7 Å². The standard InChI is InChI=1S/C18H21N3O3S/c22-17-10-24-18(13-21(17)16-2-1-4-19-8-16)12-20(5-6-23-14-18)9-15-3-7-25-11-15/h1-4,7-8,11H,5-6,9-10,12-14H2. The van der Waals surface area contributed by atoms with Crippen molar-refractivity contribution >= 4 is 22.9 Å². The lowest BCUT2D eigenvalue weighted by molar-refractivity contribution is -0.146. The Morgan fingerprint density at radius 3 is 3.08 bits per heavy atom. The first-order valence-electron chi connectivity index (χ1n) is 8.40. The van der Waals surface area contributed by atoms with Crippen LogP contribution in [0.25, 0.3) is 0 Å². The maximum Gasteiger partial charge on any atom is 0.253 e. The molecule has 0 N–H and O–H groups in total. The van der Waals surface area contributed by atoms with E-state index >= 15 is 0 Å². The molecule has 0 radical (unpaired) electrons. The molecule has 0 saturated carbocycles. The smallest absolute Gasteiger partial charge is 0.253 e.